The molecule has 1 atom stereocenters. The molecule has 0 saturated carbocycles. The second kappa shape index (κ2) is 12.3. The molecule has 1 aromatic carbocycles. The van der Waals surface area contributed by atoms with Gasteiger partial charge in [0.1, 0.15) is 23.7 Å². The molecule has 1 unspecified atom stereocenters. The molecule has 2 aliphatic rings. The Labute approximate surface area is 257 Å². The molecule has 230 valence electrons. The number of ether oxygens (including phenoxy) is 1. The third-order valence-electron chi connectivity index (χ3n) is 8.53. The van der Waals surface area contributed by atoms with Crippen LogP contribution in [0.1, 0.15) is 23.8 Å². The molecule has 44 heavy (non-hydrogen) atoms. The van der Waals surface area contributed by atoms with Gasteiger partial charge in [-0.15, -0.1) is 0 Å². The first-order valence-corrected chi connectivity index (χ1v) is 15.1. The molecule has 6 rings (SSSR count). The molecule has 4 aromatic rings. The van der Waals surface area contributed by atoms with E-state index in [0.717, 1.165) is 54.9 Å². The van der Waals surface area contributed by atoms with E-state index in [1.54, 1.807) is 35.8 Å². The van der Waals surface area contributed by atoms with Crippen LogP contribution in [0.15, 0.2) is 72.7 Å². The molecular formula is C33H40N8O3. The third-order valence-corrected chi connectivity index (χ3v) is 8.53. The molecule has 1 fully saturated rings. The molecule has 0 radical (unpaired) electrons. The number of imidazole rings is 1. The number of allylic oxidation sites excluding steroid dienone is 3. The highest BCUT2D eigenvalue weighted by Gasteiger charge is 2.33. The lowest BCUT2D eigenvalue weighted by atomic mass is 9.80. The number of aromatic nitrogens is 4. The van der Waals surface area contributed by atoms with Crippen molar-refractivity contribution in [2.24, 2.45) is 5.41 Å². The Morgan fingerprint density at radius 1 is 1.11 bits per heavy atom. The lowest BCUT2D eigenvalue weighted by molar-refractivity contribution is -0.136. The first kappa shape index (κ1) is 29.6. The van der Waals surface area contributed by atoms with Crippen molar-refractivity contribution in [3.8, 4) is 5.75 Å². The van der Waals surface area contributed by atoms with E-state index in [-0.39, 0.29) is 11.8 Å². The van der Waals surface area contributed by atoms with Crippen molar-refractivity contribution in [3.63, 3.8) is 0 Å². The zero-order valence-electron chi connectivity index (χ0n) is 25.9. The van der Waals surface area contributed by atoms with Crippen molar-refractivity contribution in [3.05, 3.63) is 78.4 Å². The molecule has 11 nitrogen and oxygen atoms in total. The zero-order valence-corrected chi connectivity index (χ0v) is 25.9. The molecule has 1 aliphatic heterocycles. The molecule has 1 saturated heterocycles. The summed E-state index contributed by atoms with van der Waals surface area (Å²) in [5.41, 5.74) is 3.06. The minimum Gasteiger partial charge on any atom is -0.492 e. The van der Waals surface area contributed by atoms with E-state index in [2.05, 4.69) is 38.3 Å². The Balaban J connectivity index is 1.13. The van der Waals surface area contributed by atoms with Gasteiger partial charge in [-0.3, -0.25) is 23.6 Å². The van der Waals surface area contributed by atoms with Gasteiger partial charge in [0.25, 0.3) is 5.91 Å². The van der Waals surface area contributed by atoms with E-state index in [4.69, 9.17) is 4.74 Å². The Hall–Kier alpha value is -4.48. The lowest BCUT2D eigenvalue weighted by Crippen LogP contribution is -2.45. The first-order valence-electron chi connectivity index (χ1n) is 15.1. The van der Waals surface area contributed by atoms with Crippen molar-refractivity contribution >= 4 is 34.1 Å². The molecule has 4 heterocycles. The summed E-state index contributed by atoms with van der Waals surface area (Å²) in [6, 6.07) is 9.48. The van der Waals surface area contributed by atoms with E-state index < -0.39 is 5.41 Å². The number of nitrogens with zero attached hydrogens (tertiary/aromatic N) is 7. The standard InChI is InChI=1S/C33H40N8O3/c1-33(32(43)37(2)3)11-6-7-24(20-33)23-41-28-9-5-8-27(26(28)21-35-41)36-31(42)29-22-34-30-19-25(10-12-40(29)30)44-18-17-39-15-13-38(4)14-16-39/h5-10,12,19-22H,11,13-18,23H2,1-4H3,(H,36,42). The number of carbonyl (C=O) groups excluding carboxylic acids is 2. The summed E-state index contributed by atoms with van der Waals surface area (Å²) < 4.78 is 9.66. The van der Waals surface area contributed by atoms with Gasteiger partial charge in [-0.05, 0) is 44.2 Å². The highest BCUT2D eigenvalue weighted by molar-refractivity contribution is 6.08. The van der Waals surface area contributed by atoms with Crippen molar-refractivity contribution < 1.29 is 14.3 Å². The van der Waals surface area contributed by atoms with Crippen LogP contribution in [0, 0.1) is 5.41 Å². The number of amides is 2. The van der Waals surface area contributed by atoms with Gasteiger partial charge in [-0.1, -0.05) is 24.3 Å². The van der Waals surface area contributed by atoms with Gasteiger partial charge < -0.3 is 19.9 Å². The average molecular weight is 597 g/mol. The zero-order chi connectivity index (χ0) is 30.8. The number of rotatable bonds is 9. The maximum absolute atomic E-state index is 13.4. The average Bonchev–Trinajstić information content (AvgIpc) is 3.62. The van der Waals surface area contributed by atoms with E-state index in [1.807, 2.05) is 60.3 Å². The molecule has 11 heteroatoms. The van der Waals surface area contributed by atoms with Crippen LogP contribution < -0.4 is 10.1 Å². The summed E-state index contributed by atoms with van der Waals surface area (Å²) in [6.45, 7) is 8.24. The summed E-state index contributed by atoms with van der Waals surface area (Å²) in [5.74, 6) is 0.542. The number of benzene rings is 1. The number of hydrogen-bond donors (Lipinski definition) is 1. The van der Waals surface area contributed by atoms with Gasteiger partial charge in [-0.25, -0.2) is 4.98 Å². The number of hydrogen-bond acceptors (Lipinski definition) is 7. The number of pyridine rings is 1. The van der Waals surface area contributed by atoms with Gasteiger partial charge in [0, 0.05) is 64.5 Å². The fourth-order valence-electron chi connectivity index (χ4n) is 6.01. The number of carbonyl (C=O) groups is 2. The smallest absolute Gasteiger partial charge is 0.274 e. The molecule has 0 bridgehead atoms. The quantitative estimate of drug-likeness (QED) is 0.316. The maximum atomic E-state index is 13.4. The normalized spacial score (nSPS) is 19.3. The van der Waals surface area contributed by atoms with Gasteiger partial charge >= 0.3 is 0 Å². The second-order valence-electron chi connectivity index (χ2n) is 12.2. The van der Waals surface area contributed by atoms with Crippen LogP contribution in [-0.4, -0.2) is 106 Å². The maximum Gasteiger partial charge on any atom is 0.274 e. The van der Waals surface area contributed by atoms with Crippen molar-refractivity contribution in [2.45, 2.75) is 19.9 Å². The number of fused-ring (bicyclic) bond motifs is 2. The van der Waals surface area contributed by atoms with Crippen molar-refractivity contribution in [1.82, 2.24) is 33.9 Å². The monoisotopic (exact) mass is 596 g/mol. The predicted molar refractivity (Wildman–Crippen MR) is 171 cm³/mol. The summed E-state index contributed by atoms with van der Waals surface area (Å²) in [5, 5.41) is 8.51. The minimum absolute atomic E-state index is 0.0760. The Bertz CT molecular complexity index is 1740. The van der Waals surface area contributed by atoms with Gasteiger partial charge in [0.15, 0.2) is 0 Å². The summed E-state index contributed by atoms with van der Waals surface area (Å²) >= 11 is 0. The Morgan fingerprint density at radius 3 is 2.73 bits per heavy atom. The van der Waals surface area contributed by atoms with E-state index in [1.165, 1.54) is 0 Å². The van der Waals surface area contributed by atoms with Crippen LogP contribution in [0.3, 0.4) is 0 Å². The molecular weight excluding hydrogens is 556 g/mol. The van der Waals surface area contributed by atoms with Crippen molar-refractivity contribution in [1.29, 1.82) is 0 Å². The number of likely N-dealkylation sites (N-methyl/N-ethyl adjacent to an activating group) is 1. The van der Waals surface area contributed by atoms with Gasteiger partial charge in [-0.2, -0.15) is 5.10 Å². The van der Waals surface area contributed by atoms with E-state index in [9.17, 15) is 9.59 Å². The topological polar surface area (TPSA) is 100 Å². The largest absolute Gasteiger partial charge is 0.492 e. The van der Waals surface area contributed by atoms with Crippen LogP contribution in [0.2, 0.25) is 0 Å². The first-order chi connectivity index (χ1) is 21.2. The third kappa shape index (κ3) is 6.11. The predicted octanol–water partition coefficient (Wildman–Crippen LogP) is 3.54. The second-order valence-corrected chi connectivity index (χ2v) is 12.2. The fourth-order valence-corrected chi connectivity index (χ4v) is 6.01. The minimum atomic E-state index is -0.582. The fraction of sp³-hybridized carbons (Fsp3) is 0.394. The van der Waals surface area contributed by atoms with Crippen LogP contribution in [0.4, 0.5) is 5.69 Å². The van der Waals surface area contributed by atoms with Crippen LogP contribution in [0.5, 0.6) is 5.75 Å². The van der Waals surface area contributed by atoms with Crippen LogP contribution >= 0.6 is 0 Å². The van der Waals surface area contributed by atoms with E-state index in [0.29, 0.717) is 36.6 Å². The lowest BCUT2D eigenvalue weighted by Gasteiger charge is -2.32. The van der Waals surface area contributed by atoms with Gasteiger partial charge in [0.2, 0.25) is 5.91 Å². The van der Waals surface area contributed by atoms with Crippen molar-refractivity contribution in [2.75, 3.05) is 65.8 Å². The molecule has 0 spiro atoms. The Morgan fingerprint density at radius 2 is 1.93 bits per heavy atom. The summed E-state index contributed by atoms with van der Waals surface area (Å²) in [6.07, 6.45) is 12.0. The number of piperazine rings is 1. The number of anilines is 1. The molecule has 1 N–H and O–H groups in total. The van der Waals surface area contributed by atoms with Crippen LogP contribution in [-0.2, 0) is 11.3 Å². The highest BCUT2D eigenvalue weighted by atomic mass is 16.5. The molecule has 2 amide bonds. The SMILES string of the molecule is CN1CCN(CCOc2ccn3c(C(=O)Nc4cccc5c4cnn5CC4=CC(C)(C(=O)N(C)C)CC=C4)cnc3c2)CC1. The van der Waals surface area contributed by atoms with Crippen LogP contribution in [0.25, 0.3) is 16.6 Å². The summed E-state index contributed by atoms with van der Waals surface area (Å²) in [7, 11) is 5.72. The molecule has 3 aromatic heterocycles. The number of nitrogens with one attached hydrogen (secondary N) is 1. The van der Waals surface area contributed by atoms with E-state index >= 15 is 0 Å². The summed E-state index contributed by atoms with van der Waals surface area (Å²) in [4.78, 5) is 37.1. The Kier molecular flexibility index (Phi) is 8.24. The highest BCUT2D eigenvalue weighted by Crippen LogP contribution is 2.33. The van der Waals surface area contributed by atoms with Gasteiger partial charge in [0.05, 0.1) is 35.6 Å². The molecule has 1 aliphatic carbocycles.